The Morgan fingerprint density at radius 1 is 1.39 bits per heavy atom. The number of carbonyl (C=O) groups excluding carboxylic acids is 1. The maximum atomic E-state index is 11.6. The fourth-order valence-corrected chi connectivity index (χ4v) is 2.71. The van der Waals surface area contributed by atoms with Crippen LogP contribution in [0.1, 0.15) is 25.2 Å². The first-order valence-corrected chi connectivity index (χ1v) is 6.92. The molecule has 0 spiro atoms. The molecule has 0 fully saturated rings. The number of rotatable bonds is 5. The highest BCUT2D eigenvalue weighted by molar-refractivity contribution is 7.12. The van der Waals surface area contributed by atoms with Crippen molar-refractivity contribution in [2.75, 3.05) is 6.54 Å². The second-order valence-corrected chi connectivity index (χ2v) is 5.31. The molecule has 1 amide bonds. The molecule has 0 aliphatic carbocycles. The van der Waals surface area contributed by atoms with Gasteiger partial charge in [-0.3, -0.25) is 4.79 Å². The average Bonchev–Trinajstić information content (AvgIpc) is 3.00. The fourth-order valence-electron chi connectivity index (χ4n) is 1.30. The van der Waals surface area contributed by atoms with Gasteiger partial charge < -0.3 is 10.4 Å². The zero-order chi connectivity index (χ0) is 13.0. The first-order valence-electron chi connectivity index (χ1n) is 5.16. The lowest BCUT2D eigenvalue weighted by molar-refractivity contribution is 0.0690. The van der Waals surface area contributed by atoms with Crippen molar-refractivity contribution in [1.29, 1.82) is 0 Å². The Bertz CT molecular complexity index is 548. The van der Waals surface area contributed by atoms with E-state index in [1.165, 1.54) is 28.1 Å². The van der Waals surface area contributed by atoms with Crippen LogP contribution in [0.3, 0.4) is 0 Å². The van der Waals surface area contributed by atoms with Crippen LogP contribution in [0.2, 0.25) is 0 Å². The van der Waals surface area contributed by atoms with Crippen LogP contribution in [0.15, 0.2) is 22.9 Å². The van der Waals surface area contributed by atoms with Gasteiger partial charge in [-0.25, -0.2) is 9.78 Å². The molecule has 0 aliphatic rings. The molecule has 2 rings (SSSR count). The lowest BCUT2D eigenvalue weighted by atomic mass is 10.4. The van der Waals surface area contributed by atoms with E-state index in [2.05, 4.69) is 10.3 Å². The number of nitrogens with zero attached hydrogens (tertiary/aromatic N) is 1. The summed E-state index contributed by atoms with van der Waals surface area (Å²) in [5, 5.41) is 15.5. The van der Waals surface area contributed by atoms with Crippen molar-refractivity contribution >= 4 is 34.6 Å². The van der Waals surface area contributed by atoms with Crippen molar-refractivity contribution in [3.05, 3.63) is 38.5 Å². The zero-order valence-electron chi connectivity index (χ0n) is 9.25. The fraction of sp³-hybridized carbons (Fsp3) is 0.182. The van der Waals surface area contributed by atoms with Crippen LogP contribution in [0.5, 0.6) is 0 Å². The molecule has 0 aliphatic heterocycles. The van der Waals surface area contributed by atoms with Gasteiger partial charge in [-0.15, -0.1) is 22.7 Å². The zero-order valence-corrected chi connectivity index (χ0v) is 10.9. The predicted molar refractivity (Wildman–Crippen MR) is 69.4 cm³/mol. The first kappa shape index (κ1) is 12.7. The van der Waals surface area contributed by atoms with E-state index >= 15 is 0 Å². The Labute approximate surface area is 111 Å². The lowest BCUT2D eigenvalue weighted by Gasteiger charge is -2.00. The summed E-state index contributed by atoms with van der Waals surface area (Å²) in [7, 11) is 0. The number of hydrogen-bond acceptors (Lipinski definition) is 5. The summed E-state index contributed by atoms with van der Waals surface area (Å²) in [5.41, 5.74) is 0.0552. The summed E-state index contributed by atoms with van der Waals surface area (Å²) < 4.78 is 0. The van der Waals surface area contributed by atoms with E-state index in [0.29, 0.717) is 22.9 Å². The summed E-state index contributed by atoms with van der Waals surface area (Å²) in [4.78, 5) is 26.8. The molecule has 2 aromatic rings. The van der Waals surface area contributed by atoms with Crippen molar-refractivity contribution in [2.24, 2.45) is 0 Å². The molecule has 0 saturated carbocycles. The largest absolute Gasteiger partial charge is 0.476 e. The van der Waals surface area contributed by atoms with E-state index in [9.17, 15) is 9.59 Å². The monoisotopic (exact) mass is 282 g/mol. The number of nitrogens with one attached hydrogen (secondary N) is 1. The van der Waals surface area contributed by atoms with Crippen molar-refractivity contribution in [2.45, 2.75) is 6.42 Å². The molecule has 2 heterocycles. The van der Waals surface area contributed by atoms with Gasteiger partial charge >= 0.3 is 5.97 Å². The second kappa shape index (κ2) is 5.74. The quantitative estimate of drug-likeness (QED) is 0.877. The summed E-state index contributed by atoms with van der Waals surface area (Å²) in [6.07, 6.45) is 0.537. The van der Waals surface area contributed by atoms with Crippen molar-refractivity contribution < 1.29 is 14.7 Å². The number of carboxylic acids is 1. The molecule has 2 N–H and O–H groups in total. The van der Waals surface area contributed by atoms with Gasteiger partial charge in [-0.05, 0) is 11.4 Å². The molecule has 18 heavy (non-hydrogen) atoms. The molecule has 0 unspecified atom stereocenters. The normalized spacial score (nSPS) is 10.2. The number of carboxylic acid groups (broad SMARTS) is 1. The van der Waals surface area contributed by atoms with Gasteiger partial charge in [0.2, 0.25) is 0 Å². The maximum Gasteiger partial charge on any atom is 0.355 e. The highest BCUT2D eigenvalue weighted by Crippen LogP contribution is 2.11. The van der Waals surface area contributed by atoms with Crippen LogP contribution in [0, 0.1) is 0 Å². The summed E-state index contributed by atoms with van der Waals surface area (Å²) >= 11 is 2.67. The number of aromatic nitrogens is 1. The molecule has 0 radical (unpaired) electrons. The molecular formula is C11H10N2O3S2. The minimum Gasteiger partial charge on any atom is -0.476 e. The molecule has 5 nitrogen and oxygen atoms in total. The number of carbonyl (C=O) groups is 2. The number of hydrogen-bond donors (Lipinski definition) is 2. The smallest absolute Gasteiger partial charge is 0.355 e. The number of thiazole rings is 1. The van der Waals surface area contributed by atoms with Crippen LogP contribution in [-0.4, -0.2) is 28.5 Å². The standard InChI is InChI=1S/C11H10N2O3S2/c14-10(8-2-1-5-17-8)12-4-3-9-13-7(6-18-9)11(15)16/h1-2,5-6H,3-4H2,(H,12,14)(H,15,16). The Morgan fingerprint density at radius 3 is 2.83 bits per heavy atom. The van der Waals surface area contributed by atoms with Crippen LogP contribution < -0.4 is 5.32 Å². The van der Waals surface area contributed by atoms with Crippen LogP contribution in [-0.2, 0) is 6.42 Å². The third-order valence-electron chi connectivity index (χ3n) is 2.14. The average molecular weight is 282 g/mol. The van der Waals surface area contributed by atoms with Crippen molar-refractivity contribution in [3.63, 3.8) is 0 Å². The van der Waals surface area contributed by atoms with Crippen molar-refractivity contribution in [1.82, 2.24) is 10.3 Å². The van der Waals surface area contributed by atoms with Gasteiger partial charge in [0, 0.05) is 18.3 Å². The van der Waals surface area contributed by atoms with E-state index in [-0.39, 0.29) is 11.6 Å². The van der Waals surface area contributed by atoms with E-state index in [1.54, 1.807) is 6.07 Å². The summed E-state index contributed by atoms with van der Waals surface area (Å²) in [5.74, 6) is -1.14. The second-order valence-electron chi connectivity index (χ2n) is 3.41. The van der Waals surface area contributed by atoms with Crippen LogP contribution in [0.4, 0.5) is 0 Å². The van der Waals surface area contributed by atoms with Crippen LogP contribution in [0.25, 0.3) is 0 Å². The molecule has 0 aromatic carbocycles. The molecule has 0 bridgehead atoms. The van der Waals surface area contributed by atoms with E-state index in [0.717, 1.165) is 0 Å². The van der Waals surface area contributed by atoms with Gasteiger partial charge in [0.05, 0.1) is 9.88 Å². The summed E-state index contributed by atoms with van der Waals surface area (Å²) in [6, 6.07) is 3.57. The van der Waals surface area contributed by atoms with Crippen LogP contribution >= 0.6 is 22.7 Å². The van der Waals surface area contributed by atoms with E-state index in [4.69, 9.17) is 5.11 Å². The highest BCUT2D eigenvalue weighted by atomic mass is 32.1. The molecule has 2 aromatic heterocycles. The first-order chi connectivity index (χ1) is 8.66. The van der Waals surface area contributed by atoms with Crippen molar-refractivity contribution in [3.8, 4) is 0 Å². The molecule has 0 saturated heterocycles. The van der Waals surface area contributed by atoms with Gasteiger partial charge in [-0.2, -0.15) is 0 Å². The molecule has 7 heteroatoms. The number of thiophene rings is 1. The maximum absolute atomic E-state index is 11.6. The minimum atomic E-state index is -1.03. The van der Waals surface area contributed by atoms with Gasteiger partial charge in [0.1, 0.15) is 0 Å². The Kier molecular flexibility index (Phi) is 4.06. The van der Waals surface area contributed by atoms with Gasteiger partial charge in [0.15, 0.2) is 5.69 Å². The molecular weight excluding hydrogens is 272 g/mol. The Morgan fingerprint density at radius 2 is 2.22 bits per heavy atom. The number of amides is 1. The van der Waals surface area contributed by atoms with Gasteiger partial charge in [0.25, 0.3) is 5.91 Å². The predicted octanol–water partition coefficient (Wildman–Crippen LogP) is 1.88. The Balaban J connectivity index is 1.81. The molecule has 0 atom stereocenters. The van der Waals surface area contributed by atoms with Gasteiger partial charge in [-0.1, -0.05) is 6.07 Å². The SMILES string of the molecule is O=C(O)c1csc(CCNC(=O)c2cccs2)n1. The summed E-state index contributed by atoms with van der Waals surface area (Å²) in [6.45, 7) is 0.448. The third kappa shape index (κ3) is 3.14. The molecule has 94 valence electrons. The van der Waals surface area contributed by atoms with E-state index < -0.39 is 5.97 Å². The highest BCUT2D eigenvalue weighted by Gasteiger charge is 2.09. The Hall–Kier alpha value is -1.73. The minimum absolute atomic E-state index is 0.0552. The lowest BCUT2D eigenvalue weighted by Crippen LogP contribution is -2.24. The number of aromatic carboxylic acids is 1. The third-order valence-corrected chi connectivity index (χ3v) is 3.92. The topological polar surface area (TPSA) is 79.3 Å². The van der Waals surface area contributed by atoms with E-state index in [1.807, 2.05) is 11.4 Å².